The number of carbonyl (C=O) groups is 1. The van der Waals surface area contributed by atoms with Gasteiger partial charge in [0.15, 0.2) is 5.16 Å². The molecule has 1 amide bonds. The first-order chi connectivity index (χ1) is 11.8. The Hall–Kier alpha value is -2.49. The Morgan fingerprint density at radius 2 is 1.84 bits per heavy atom. The average Bonchev–Trinajstić information content (AvgIpc) is 2.59. The summed E-state index contributed by atoms with van der Waals surface area (Å²) < 4.78 is 48.0. The summed E-state index contributed by atoms with van der Waals surface area (Å²) in [6.45, 7) is 0. The molecule has 134 valence electrons. The summed E-state index contributed by atoms with van der Waals surface area (Å²) in [4.78, 5) is 19.1. The second-order valence-electron chi connectivity index (χ2n) is 4.66. The van der Waals surface area contributed by atoms with Gasteiger partial charge in [-0.25, -0.2) is 9.97 Å². The molecule has 6 nitrogen and oxygen atoms in total. The highest BCUT2D eigenvalue weighted by Crippen LogP contribution is 2.29. The number of thioether (sulfide) groups is 1. The van der Waals surface area contributed by atoms with Crippen molar-refractivity contribution in [2.24, 2.45) is 0 Å². The van der Waals surface area contributed by atoms with Gasteiger partial charge in [0.05, 0.1) is 20.0 Å². The molecule has 1 N–H and O–H groups in total. The highest BCUT2D eigenvalue weighted by molar-refractivity contribution is 7.99. The Kier molecular flexibility index (Phi) is 6.07. The number of amides is 1. The summed E-state index contributed by atoms with van der Waals surface area (Å²) >= 11 is 0.801. The second-order valence-corrected chi connectivity index (χ2v) is 5.60. The molecule has 0 aliphatic heterocycles. The van der Waals surface area contributed by atoms with Crippen LogP contribution in [0, 0.1) is 0 Å². The van der Waals surface area contributed by atoms with Crippen molar-refractivity contribution in [2.75, 3.05) is 25.3 Å². The highest BCUT2D eigenvalue weighted by atomic mass is 32.2. The monoisotopic (exact) mass is 373 g/mol. The minimum Gasteiger partial charge on any atom is -0.497 e. The molecular weight excluding hydrogens is 359 g/mol. The van der Waals surface area contributed by atoms with Crippen LogP contribution in [0.2, 0.25) is 0 Å². The van der Waals surface area contributed by atoms with Crippen molar-refractivity contribution in [3.63, 3.8) is 0 Å². The number of nitrogens with one attached hydrogen (secondary N) is 1. The van der Waals surface area contributed by atoms with Crippen molar-refractivity contribution in [3.8, 4) is 11.5 Å². The number of aromatic nitrogens is 2. The largest absolute Gasteiger partial charge is 0.497 e. The molecule has 0 saturated heterocycles. The van der Waals surface area contributed by atoms with Crippen LogP contribution in [0.15, 0.2) is 35.6 Å². The third-order valence-corrected chi connectivity index (χ3v) is 3.75. The van der Waals surface area contributed by atoms with E-state index >= 15 is 0 Å². The smallest absolute Gasteiger partial charge is 0.433 e. The van der Waals surface area contributed by atoms with Crippen LogP contribution in [-0.2, 0) is 11.0 Å². The second kappa shape index (κ2) is 8.06. The first kappa shape index (κ1) is 18.8. The first-order valence-corrected chi connectivity index (χ1v) is 7.86. The molecule has 0 fully saturated rings. The van der Waals surface area contributed by atoms with E-state index in [4.69, 9.17) is 9.47 Å². The molecular formula is C15H14F3N3O3S. The zero-order valence-electron chi connectivity index (χ0n) is 13.3. The zero-order valence-corrected chi connectivity index (χ0v) is 14.1. The molecule has 25 heavy (non-hydrogen) atoms. The Bertz CT molecular complexity index is 734. The minimum absolute atomic E-state index is 0.131. The van der Waals surface area contributed by atoms with Crippen LogP contribution in [0.4, 0.5) is 18.9 Å². The number of nitrogens with zero attached hydrogens (tertiary/aromatic N) is 2. The van der Waals surface area contributed by atoms with Gasteiger partial charge in [0.2, 0.25) is 5.91 Å². The lowest BCUT2D eigenvalue weighted by Crippen LogP contribution is -2.15. The van der Waals surface area contributed by atoms with Gasteiger partial charge in [-0.05, 0) is 6.07 Å². The van der Waals surface area contributed by atoms with Crippen LogP contribution in [0.3, 0.4) is 0 Å². The molecule has 0 bridgehead atoms. The molecule has 10 heteroatoms. The maximum atomic E-state index is 12.6. The fraction of sp³-hybridized carbons (Fsp3) is 0.267. The molecule has 0 aliphatic rings. The number of halogens is 3. The molecule has 1 aromatic heterocycles. The lowest BCUT2D eigenvalue weighted by molar-refractivity contribution is -0.141. The SMILES string of the molecule is COc1cc(NC(=O)CSc2nccc(C(F)(F)F)n2)cc(OC)c1. The Morgan fingerprint density at radius 3 is 2.40 bits per heavy atom. The van der Waals surface area contributed by atoms with E-state index in [0.717, 1.165) is 24.0 Å². The predicted octanol–water partition coefficient (Wildman–Crippen LogP) is 3.24. The van der Waals surface area contributed by atoms with Gasteiger partial charge < -0.3 is 14.8 Å². The fourth-order valence-corrected chi connectivity index (χ4v) is 2.41. The number of anilines is 1. The number of ether oxygens (including phenoxy) is 2. The molecule has 0 radical (unpaired) electrons. The Morgan fingerprint density at radius 1 is 1.20 bits per heavy atom. The number of alkyl halides is 3. The van der Waals surface area contributed by atoms with Crippen LogP contribution in [0.25, 0.3) is 0 Å². The normalized spacial score (nSPS) is 11.1. The van der Waals surface area contributed by atoms with E-state index in [1.165, 1.54) is 14.2 Å². The summed E-state index contributed by atoms with van der Waals surface area (Å²) in [5.41, 5.74) is -0.616. The average molecular weight is 373 g/mol. The number of benzene rings is 1. The van der Waals surface area contributed by atoms with E-state index in [1.807, 2.05) is 0 Å². The van der Waals surface area contributed by atoms with E-state index in [2.05, 4.69) is 15.3 Å². The van der Waals surface area contributed by atoms with Crippen molar-refractivity contribution < 1.29 is 27.4 Å². The van der Waals surface area contributed by atoms with Gasteiger partial charge in [-0.15, -0.1) is 0 Å². The molecule has 0 spiro atoms. The molecule has 2 aromatic rings. The van der Waals surface area contributed by atoms with Gasteiger partial charge in [-0.1, -0.05) is 11.8 Å². The Balaban J connectivity index is 1.99. The third kappa shape index (κ3) is 5.52. The van der Waals surface area contributed by atoms with E-state index < -0.39 is 17.8 Å². The van der Waals surface area contributed by atoms with Crippen LogP contribution in [-0.4, -0.2) is 35.8 Å². The maximum Gasteiger partial charge on any atom is 0.433 e. The van der Waals surface area contributed by atoms with Crippen molar-refractivity contribution in [2.45, 2.75) is 11.3 Å². The molecule has 1 aromatic carbocycles. The summed E-state index contributed by atoms with van der Waals surface area (Å²) in [6.07, 6.45) is -3.55. The highest BCUT2D eigenvalue weighted by Gasteiger charge is 2.32. The molecule has 2 rings (SSSR count). The van der Waals surface area contributed by atoms with Crippen molar-refractivity contribution >= 4 is 23.4 Å². The van der Waals surface area contributed by atoms with Crippen LogP contribution in [0.5, 0.6) is 11.5 Å². The summed E-state index contributed by atoms with van der Waals surface area (Å²) in [6, 6.07) is 5.59. The van der Waals surface area contributed by atoms with Gasteiger partial charge in [0.25, 0.3) is 0 Å². The van der Waals surface area contributed by atoms with Gasteiger partial charge >= 0.3 is 6.18 Å². The quantitative estimate of drug-likeness (QED) is 0.619. The van der Waals surface area contributed by atoms with Gasteiger partial charge in [0, 0.05) is 30.1 Å². The van der Waals surface area contributed by atoms with Crippen LogP contribution >= 0.6 is 11.8 Å². The predicted molar refractivity (Wildman–Crippen MR) is 85.9 cm³/mol. The number of hydrogen-bond donors (Lipinski definition) is 1. The van der Waals surface area contributed by atoms with Gasteiger partial charge in [-0.2, -0.15) is 13.2 Å². The van der Waals surface area contributed by atoms with E-state index in [1.54, 1.807) is 18.2 Å². The van der Waals surface area contributed by atoms with Gasteiger partial charge in [0.1, 0.15) is 17.2 Å². The molecule has 0 unspecified atom stereocenters. The lowest BCUT2D eigenvalue weighted by atomic mass is 10.2. The number of hydrogen-bond acceptors (Lipinski definition) is 6. The van der Waals surface area contributed by atoms with Crippen molar-refractivity contribution in [3.05, 3.63) is 36.2 Å². The Labute approximate surface area is 145 Å². The molecule has 0 atom stereocenters. The van der Waals surface area contributed by atoms with Crippen LogP contribution < -0.4 is 14.8 Å². The van der Waals surface area contributed by atoms with Crippen molar-refractivity contribution in [1.29, 1.82) is 0 Å². The van der Waals surface area contributed by atoms with E-state index in [0.29, 0.717) is 17.2 Å². The summed E-state index contributed by atoms with van der Waals surface area (Å²) in [5.74, 6) is 0.397. The summed E-state index contributed by atoms with van der Waals surface area (Å²) in [7, 11) is 2.95. The van der Waals surface area contributed by atoms with E-state index in [-0.39, 0.29) is 10.9 Å². The number of methoxy groups -OCH3 is 2. The number of rotatable bonds is 6. The summed E-state index contributed by atoms with van der Waals surface area (Å²) in [5, 5.41) is 2.48. The van der Waals surface area contributed by atoms with Crippen molar-refractivity contribution in [1.82, 2.24) is 9.97 Å². The fourth-order valence-electron chi connectivity index (χ4n) is 1.78. The molecule has 0 aliphatic carbocycles. The minimum atomic E-state index is -4.56. The van der Waals surface area contributed by atoms with Crippen LogP contribution in [0.1, 0.15) is 5.69 Å². The number of carbonyl (C=O) groups excluding carboxylic acids is 1. The molecule has 0 saturated carbocycles. The van der Waals surface area contributed by atoms with E-state index in [9.17, 15) is 18.0 Å². The first-order valence-electron chi connectivity index (χ1n) is 6.88. The lowest BCUT2D eigenvalue weighted by Gasteiger charge is -2.10. The van der Waals surface area contributed by atoms with Gasteiger partial charge in [-0.3, -0.25) is 4.79 Å². The topological polar surface area (TPSA) is 73.3 Å². The zero-order chi connectivity index (χ0) is 18.4. The third-order valence-electron chi connectivity index (χ3n) is 2.89. The molecule has 1 heterocycles. The standard InChI is InChI=1S/C15H14F3N3O3S/c1-23-10-5-9(6-11(7-10)24-2)20-13(22)8-25-14-19-4-3-12(21-14)15(16,17)18/h3-7H,8H2,1-2H3,(H,20,22). The maximum absolute atomic E-state index is 12.6.